The average molecular weight is 348 g/mol. The highest BCUT2D eigenvalue weighted by Gasteiger charge is 2.16. The van der Waals surface area contributed by atoms with Crippen LogP contribution < -0.4 is 9.61 Å². The third kappa shape index (κ3) is 3.04. The molecule has 5 nitrogen and oxygen atoms in total. The van der Waals surface area contributed by atoms with E-state index in [1.165, 1.54) is 10.6 Å². The van der Waals surface area contributed by atoms with Gasteiger partial charge in [-0.05, 0) is 24.3 Å². The number of hydrogen-bond donors (Lipinski definition) is 0. The second kappa shape index (κ2) is 6.36. The molecule has 0 fully saturated rings. The van der Waals surface area contributed by atoms with Crippen molar-refractivity contribution < 1.29 is 14.3 Å². The number of rotatable bonds is 4. The molecule has 2 aromatic carbocycles. The third-order valence-corrected chi connectivity index (χ3v) is 4.44. The Hall–Kier alpha value is -2.44. The highest BCUT2D eigenvalue weighted by atomic mass is 35.5. The molecule has 0 unspecified atom stereocenters. The minimum absolute atomic E-state index is 0.159. The lowest BCUT2D eigenvalue weighted by Gasteiger charge is -2.07. The predicted molar refractivity (Wildman–Crippen MR) is 88.6 cm³/mol. The summed E-state index contributed by atoms with van der Waals surface area (Å²) in [5.74, 6) is -0.493. The zero-order chi connectivity index (χ0) is 16.4. The van der Waals surface area contributed by atoms with Gasteiger partial charge in [0, 0.05) is 0 Å². The van der Waals surface area contributed by atoms with Gasteiger partial charge in [-0.15, -0.1) is 0 Å². The highest BCUT2D eigenvalue weighted by molar-refractivity contribution is 7.16. The van der Waals surface area contributed by atoms with Crippen LogP contribution >= 0.6 is 22.9 Å². The molecule has 0 aliphatic carbocycles. The van der Waals surface area contributed by atoms with E-state index in [0.717, 1.165) is 11.3 Å². The number of fused-ring (bicyclic) bond motifs is 1. The van der Waals surface area contributed by atoms with Gasteiger partial charge in [-0.3, -0.25) is 14.2 Å². The fraction of sp³-hybridized carbons (Fsp3) is 0.0625. The minimum atomic E-state index is -0.652. The van der Waals surface area contributed by atoms with E-state index in [-0.39, 0.29) is 22.7 Å². The summed E-state index contributed by atoms with van der Waals surface area (Å²) < 4.78 is 7.15. The molecule has 3 rings (SSSR count). The smallest absolute Gasteiger partial charge is 0.331 e. The normalized spacial score (nSPS) is 10.7. The minimum Gasteiger partial charge on any atom is -0.424 e. The van der Waals surface area contributed by atoms with Crippen molar-refractivity contribution in [2.45, 2.75) is 6.54 Å². The van der Waals surface area contributed by atoms with Crippen LogP contribution in [0.2, 0.25) is 5.02 Å². The first kappa shape index (κ1) is 15.5. The zero-order valence-electron chi connectivity index (χ0n) is 11.7. The number of ether oxygens (including phenoxy) is 1. The predicted octanol–water partition coefficient (Wildman–Crippen LogP) is 3.13. The maximum atomic E-state index is 12.1. The molecule has 0 radical (unpaired) electrons. The van der Waals surface area contributed by atoms with Gasteiger partial charge in [-0.25, -0.2) is 4.79 Å². The Kier molecular flexibility index (Phi) is 4.27. The standard InChI is InChI=1S/C16H10ClNO4S/c17-11-5-3-7-13-15(11)18(16(21)23-13)8-14(20)22-12-6-2-1-4-10(12)9-19/h1-7,9H,8H2. The zero-order valence-corrected chi connectivity index (χ0v) is 13.3. The monoisotopic (exact) mass is 347 g/mol. The molecule has 0 aliphatic heterocycles. The van der Waals surface area contributed by atoms with Gasteiger partial charge in [-0.1, -0.05) is 41.1 Å². The molecule has 3 aromatic rings. The maximum Gasteiger partial charge on any atom is 0.331 e. The molecule has 1 heterocycles. The third-order valence-electron chi connectivity index (χ3n) is 3.19. The van der Waals surface area contributed by atoms with Crippen LogP contribution in [0.4, 0.5) is 0 Å². The molecular formula is C16H10ClNO4S. The summed E-state index contributed by atoms with van der Waals surface area (Å²) in [6, 6.07) is 11.5. The molecule has 0 bridgehead atoms. The molecule has 0 saturated heterocycles. The van der Waals surface area contributed by atoms with E-state index in [9.17, 15) is 14.4 Å². The van der Waals surface area contributed by atoms with Crippen molar-refractivity contribution in [3.63, 3.8) is 0 Å². The van der Waals surface area contributed by atoms with E-state index in [1.54, 1.807) is 36.4 Å². The molecule has 0 aliphatic rings. The first-order chi connectivity index (χ1) is 11.1. The number of nitrogens with zero attached hydrogens (tertiary/aromatic N) is 1. The lowest BCUT2D eigenvalue weighted by Crippen LogP contribution is -2.23. The molecule has 116 valence electrons. The van der Waals surface area contributed by atoms with Crippen LogP contribution in [0.25, 0.3) is 10.2 Å². The summed E-state index contributed by atoms with van der Waals surface area (Å²) in [7, 11) is 0. The van der Waals surface area contributed by atoms with E-state index in [1.807, 2.05) is 0 Å². The summed E-state index contributed by atoms with van der Waals surface area (Å²) in [4.78, 5) is 34.8. The quantitative estimate of drug-likeness (QED) is 0.413. The van der Waals surface area contributed by atoms with Crippen LogP contribution in [0.3, 0.4) is 0 Å². The average Bonchev–Trinajstić information content (AvgIpc) is 2.85. The summed E-state index contributed by atoms with van der Waals surface area (Å²) in [5, 5.41) is 0.391. The summed E-state index contributed by atoms with van der Waals surface area (Å²) >= 11 is 7.12. The van der Waals surface area contributed by atoms with Gasteiger partial charge < -0.3 is 4.74 Å². The molecule has 0 atom stereocenters. The number of benzene rings is 2. The first-order valence-corrected chi connectivity index (χ1v) is 7.82. The van der Waals surface area contributed by atoms with Crippen LogP contribution in [0.1, 0.15) is 10.4 Å². The second-order valence-corrected chi connectivity index (χ2v) is 6.07. The number of thiazole rings is 1. The maximum absolute atomic E-state index is 12.1. The number of esters is 1. The Balaban J connectivity index is 1.91. The van der Waals surface area contributed by atoms with Crippen molar-refractivity contribution in [1.82, 2.24) is 4.57 Å². The number of para-hydroxylation sites is 2. The molecule has 0 spiro atoms. The number of hydrogen-bond acceptors (Lipinski definition) is 5. The number of carbonyl (C=O) groups is 2. The Morgan fingerprint density at radius 3 is 2.78 bits per heavy atom. The number of halogens is 1. The van der Waals surface area contributed by atoms with Crippen molar-refractivity contribution in [1.29, 1.82) is 0 Å². The SMILES string of the molecule is O=Cc1ccccc1OC(=O)Cn1c(=O)sc2cccc(Cl)c21. The van der Waals surface area contributed by atoms with Gasteiger partial charge in [0.1, 0.15) is 12.3 Å². The van der Waals surface area contributed by atoms with Crippen LogP contribution in [0, 0.1) is 0 Å². The van der Waals surface area contributed by atoms with Crippen molar-refractivity contribution in [3.05, 3.63) is 62.7 Å². The van der Waals surface area contributed by atoms with Gasteiger partial charge in [0.15, 0.2) is 6.29 Å². The van der Waals surface area contributed by atoms with Crippen LogP contribution in [-0.2, 0) is 11.3 Å². The lowest BCUT2D eigenvalue weighted by atomic mass is 10.2. The molecule has 7 heteroatoms. The fourth-order valence-corrected chi connectivity index (χ4v) is 3.43. The molecule has 23 heavy (non-hydrogen) atoms. The lowest BCUT2D eigenvalue weighted by molar-refractivity contribution is -0.135. The van der Waals surface area contributed by atoms with E-state index in [0.29, 0.717) is 21.5 Å². The molecule has 0 saturated carbocycles. The first-order valence-electron chi connectivity index (χ1n) is 6.63. The van der Waals surface area contributed by atoms with E-state index >= 15 is 0 Å². The van der Waals surface area contributed by atoms with Gasteiger partial charge >= 0.3 is 10.8 Å². The molecule has 1 aromatic heterocycles. The van der Waals surface area contributed by atoms with Gasteiger partial charge in [0.2, 0.25) is 0 Å². The Morgan fingerprint density at radius 1 is 1.22 bits per heavy atom. The van der Waals surface area contributed by atoms with Crippen molar-refractivity contribution >= 4 is 45.4 Å². The van der Waals surface area contributed by atoms with E-state index < -0.39 is 5.97 Å². The van der Waals surface area contributed by atoms with Gasteiger partial charge in [0.25, 0.3) is 0 Å². The Bertz CT molecular complexity index is 960. The van der Waals surface area contributed by atoms with E-state index in [4.69, 9.17) is 16.3 Å². The fourth-order valence-electron chi connectivity index (χ4n) is 2.18. The molecular weight excluding hydrogens is 338 g/mol. The van der Waals surface area contributed by atoms with Crippen LogP contribution in [0.5, 0.6) is 5.75 Å². The van der Waals surface area contributed by atoms with Gasteiger partial charge in [-0.2, -0.15) is 0 Å². The Morgan fingerprint density at radius 2 is 2.00 bits per heavy atom. The summed E-state index contributed by atoms with van der Waals surface area (Å²) in [5.41, 5.74) is 0.770. The number of aldehydes is 1. The summed E-state index contributed by atoms with van der Waals surface area (Å²) in [6.45, 7) is -0.282. The largest absolute Gasteiger partial charge is 0.424 e. The number of carbonyl (C=O) groups excluding carboxylic acids is 2. The molecule has 0 N–H and O–H groups in total. The topological polar surface area (TPSA) is 65.4 Å². The van der Waals surface area contributed by atoms with Crippen molar-refractivity contribution in [3.8, 4) is 5.75 Å². The Labute approximate surface area is 139 Å². The summed E-state index contributed by atoms with van der Waals surface area (Å²) in [6.07, 6.45) is 0.603. The van der Waals surface area contributed by atoms with Crippen LogP contribution in [-0.4, -0.2) is 16.8 Å². The van der Waals surface area contributed by atoms with Crippen molar-refractivity contribution in [2.75, 3.05) is 0 Å². The second-order valence-electron chi connectivity index (χ2n) is 4.67. The van der Waals surface area contributed by atoms with Gasteiger partial charge in [0.05, 0.1) is 20.8 Å². The van der Waals surface area contributed by atoms with Crippen LogP contribution in [0.15, 0.2) is 47.3 Å². The molecule has 0 amide bonds. The van der Waals surface area contributed by atoms with E-state index in [2.05, 4.69) is 0 Å². The van der Waals surface area contributed by atoms with Crippen molar-refractivity contribution in [2.24, 2.45) is 0 Å². The highest BCUT2D eigenvalue weighted by Crippen LogP contribution is 2.25. The number of aromatic nitrogens is 1.